The van der Waals surface area contributed by atoms with Crippen molar-refractivity contribution >= 4 is 17.9 Å². The number of piperidine rings is 1. The minimum absolute atomic E-state index is 0.234. The van der Waals surface area contributed by atoms with Gasteiger partial charge in [0.15, 0.2) is 0 Å². The van der Waals surface area contributed by atoms with Crippen molar-refractivity contribution in [2.45, 2.75) is 25.8 Å². The molecule has 0 bridgehead atoms. The fraction of sp³-hybridized carbons (Fsp3) is 0.500. The molecule has 7 heteroatoms. The Morgan fingerprint density at radius 3 is 2.40 bits per heavy atom. The van der Waals surface area contributed by atoms with E-state index in [1.165, 1.54) is 7.11 Å². The van der Waals surface area contributed by atoms with Crippen LogP contribution in [0, 0.1) is 5.92 Å². The van der Waals surface area contributed by atoms with Crippen molar-refractivity contribution in [3.8, 4) is 0 Å². The number of ether oxygens (including phenoxy) is 1. The normalized spacial score (nSPS) is 16.0. The molecule has 1 saturated heterocycles. The Balaban J connectivity index is 1.71. The fourth-order valence-electron chi connectivity index (χ4n) is 2.85. The lowest BCUT2D eigenvalue weighted by Gasteiger charge is -2.30. The lowest BCUT2D eigenvalue weighted by molar-refractivity contribution is -0.139. The Bertz CT molecular complexity index is 598. The molecule has 2 rings (SSSR count). The van der Waals surface area contributed by atoms with Crippen LogP contribution in [-0.4, -0.2) is 49.6 Å². The molecule has 0 aromatic heterocycles. The predicted molar refractivity (Wildman–Crippen MR) is 92.7 cm³/mol. The van der Waals surface area contributed by atoms with E-state index in [9.17, 15) is 14.4 Å². The molecule has 2 N–H and O–H groups in total. The van der Waals surface area contributed by atoms with Gasteiger partial charge in [0, 0.05) is 19.6 Å². The van der Waals surface area contributed by atoms with Gasteiger partial charge < -0.3 is 20.3 Å². The smallest absolute Gasteiger partial charge is 0.409 e. The SMILES string of the molecule is COC(=O)N1CCC(CNC(=O)C(=O)N[C@H](C)c2ccccc2)CC1. The van der Waals surface area contributed by atoms with Gasteiger partial charge in [-0.05, 0) is 31.2 Å². The van der Waals surface area contributed by atoms with E-state index in [-0.39, 0.29) is 18.1 Å². The summed E-state index contributed by atoms with van der Waals surface area (Å²) in [5.74, 6) is -1.01. The van der Waals surface area contributed by atoms with Crippen molar-refractivity contribution in [1.29, 1.82) is 0 Å². The monoisotopic (exact) mass is 347 g/mol. The summed E-state index contributed by atoms with van der Waals surface area (Å²) in [5, 5.41) is 5.37. The molecule has 1 fully saturated rings. The molecule has 1 aromatic carbocycles. The van der Waals surface area contributed by atoms with Crippen molar-refractivity contribution in [1.82, 2.24) is 15.5 Å². The Morgan fingerprint density at radius 1 is 1.16 bits per heavy atom. The van der Waals surface area contributed by atoms with Crippen LogP contribution in [0.15, 0.2) is 30.3 Å². The maximum Gasteiger partial charge on any atom is 0.409 e. The van der Waals surface area contributed by atoms with Crippen molar-refractivity contribution in [2.24, 2.45) is 5.92 Å². The number of carbonyl (C=O) groups is 3. The molecular formula is C18H25N3O4. The number of nitrogens with zero attached hydrogens (tertiary/aromatic N) is 1. The van der Waals surface area contributed by atoms with Crippen LogP contribution in [0.3, 0.4) is 0 Å². The molecule has 1 heterocycles. The summed E-state index contributed by atoms with van der Waals surface area (Å²) in [4.78, 5) is 37.0. The summed E-state index contributed by atoms with van der Waals surface area (Å²) < 4.78 is 4.69. The van der Waals surface area contributed by atoms with Crippen LogP contribution in [0.25, 0.3) is 0 Å². The molecule has 0 saturated carbocycles. The van der Waals surface area contributed by atoms with Crippen LogP contribution in [0.4, 0.5) is 4.79 Å². The largest absolute Gasteiger partial charge is 0.453 e. The Hall–Kier alpha value is -2.57. The van der Waals surface area contributed by atoms with E-state index in [2.05, 4.69) is 10.6 Å². The van der Waals surface area contributed by atoms with E-state index in [1.54, 1.807) is 4.90 Å². The number of rotatable bonds is 4. The zero-order valence-electron chi connectivity index (χ0n) is 14.7. The van der Waals surface area contributed by atoms with E-state index in [1.807, 2.05) is 37.3 Å². The second kappa shape index (κ2) is 9.05. The molecule has 3 amide bonds. The van der Waals surface area contributed by atoms with Crippen molar-refractivity contribution in [3.05, 3.63) is 35.9 Å². The lowest BCUT2D eigenvalue weighted by atomic mass is 9.97. The second-order valence-electron chi connectivity index (χ2n) is 6.22. The molecule has 1 atom stereocenters. The van der Waals surface area contributed by atoms with Crippen molar-refractivity contribution in [3.63, 3.8) is 0 Å². The fourth-order valence-corrected chi connectivity index (χ4v) is 2.85. The standard InChI is InChI=1S/C18H25N3O4/c1-13(15-6-4-3-5-7-15)20-17(23)16(22)19-12-14-8-10-21(11-9-14)18(24)25-2/h3-7,13-14H,8-12H2,1-2H3,(H,19,22)(H,20,23)/t13-/m1/s1. The third-order valence-electron chi connectivity index (χ3n) is 4.45. The number of amides is 3. The molecule has 25 heavy (non-hydrogen) atoms. The molecule has 0 aliphatic carbocycles. The van der Waals surface area contributed by atoms with Gasteiger partial charge in [0.05, 0.1) is 13.2 Å². The summed E-state index contributed by atoms with van der Waals surface area (Å²) in [6.45, 7) is 3.47. The summed E-state index contributed by atoms with van der Waals surface area (Å²) in [5.41, 5.74) is 0.943. The van der Waals surface area contributed by atoms with Gasteiger partial charge in [-0.25, -0.2) is 4.79 Å². The maximum absolute atomic E-state index is 12.0. The third kappa shape index (κ3) is 5.48. The summed E-state index contributed by atoms with van der Waals surface area (Å²) in [7, 11) is 1.36. The Labute approximate surface area is 147 Å². The van der Waals surface area contributed by atoms with E-state index in [0.29, 0.717) is 19.6 Å². The molecule has 0 radical (unpaired) electrons. The molecule has 1 aliphatic rings. The topological polar surface area (TPSA) is 87.7 Å². The molecule has 136 valence electrons. The summed E-state index contributed by atoms with van der Waals surface area (Å²) in [6, 6.07) is 9.24. The van der Waals surface area contributed by atoms with Crippen molar-refractivity contribution < 1.29 is 19.1 Å². The number of carbonyl (C=O) groups excluding carboxylic acids is 3. The quantitative estimate of drug-likeness (QED) is 0.807. The van der Waals surface area contributed by atoms with Crippen LogP contribution in [-0.2, 0) is 14.3 Å². The van der Waals surface area contributed by atoms with Gasteiger partial charge in [0.2, 0.25) is 0 Å². The van der Waals surface area contributed by atoms with Crippen molar-refractivity contribution in [2.75, 3.05) is 26.7 Å². The minimum Gasteiger partial charge on any atom is -0.453 e. The summed E-state index contributed by atoms with van der Waals surface area (Å²) in [6.07, 6.45) is 1.23. The van der Waals surface area contributed by atoms with Gasteiger partial charge in [-0.3, -0.25) is 9.59 Å². The highest BCUT2D eigenvalue weighted by Crippen LogP contribution is 2.17. The zero-order valence-corrected chi connectivity index (χ0v) is 14.7. The van der Waals surface area contributed by atoms with Gasteiger partial charge in [0.25, 0.3) is 0 Å². The molecule has 0 unspecified atom stereocenters. The van der Waals surface area contributed by atoms with Gasteiger partial charge >= 0.3 is 17.9 Å². The average molecular weight is 347 g/mol. The zero-order chi connectivity index (χ0) is 18.2. The van der Waals surface area contributed by atoms with Gasteiger partial charge in [0.1, 0.15) is 0 Å². The Kier molecular flexibility index (Phi) is 6.80. The first kappa shape index (κ1) is 18.8. The number of likely N-dealkylation sites (tertiary alicyclic amines) is 1. The third-order valence-corrected chi connectivity index (χ3v) is 4.45. The average Bonchev–Trinajstić information content (AvgIpc) is 2.66. The lowest BCUT2D eigenvalue weighted by Crippen LogP contribution is -2.45. The molecule has 1 aromatic rings. The van der Waals surface area contributed by atoms with Crippen LogP contribution < -0.4 is 10.6 Å². The predicted octanol–water partition coefficient (Wildman–Crippen LogP) is 1.46. The van der Waals surface area contributed by atoms with Crippen LogP contribution >= 0.6 is 0 Å². The highest BCUT2D eigenvalue weighted by atomic mass is 16.5. The van der Waals surface area contributed by atoms with Gasteiger partial charge in [-0.2, -0.15) is 0 Å². The number of nitrogens with one attached hydrogen (secondary N) is 2. The highest BCUT2D eigenvalue weighted by Gasteiger charge is 2.24. The molecular weight excluding hydrogens is 322 g/mol. The first-order valence-electron chi connectivity index (χ1n) is 8.47. The maximum atomic E-state index is 12.0. The van der Waals surface area contributed by atoms with Crippen LogP contribution in [0.1, 0.15) is 31.4 Å². The molecule has 0 spiro atoms. The summed E-state index contributed by atoms with van der Waals surface area (Å²) >= 11 is 0. The Morgan fingerprint density at radius 2 is 1.80 bits per heavy atom. The number of benzene rings is 1. The number of methoxy groups -OCH3 is 1. The van der Waals surface area contributed by atoms with Crippen LogP contribution in [0.2, 0.25) is 0 Å². The first-order chi connectivity index (χ1) is 12.0. The van der Waals surface area contributed by atoms with E-state index < -0.39 is 11.8 Å². The van der Waals surface area contributed by atoms with E-state index >= 15 is 0 Å². The van der Waals surface area contributed by atoms with E-state index in [4.69, 9.17) is 4.74 Å². The minimum atomic E-state index is -0.636. The van der Waals surface area contributed by atoms with Gasteiger partial charge in [-0.1, -0.05) is 30.3 Å². The number of hydrogen-bond acceptors (Lipinski definition) is 4. The molecule has 1 aliphatic heterocycles. The second-order valence-corrected chi connectivity index (χ2v) is 6.22. The first-order valence-corrected chi connectivity index (χ1v) is 8.47. The number of hydrogen-bond donors (Lipinski definition) is 2. The van der Waals surface area contributed by atoms with Gasteiger partial charge in [-0.15, -0.1) is 0 Å². The molecule has 7 nitrogen and oxygen atoms in total. The highest BCUT2D eigenvalue weighted by molar-refractivity contribution is 6.35. The van der Waals surface area contributed by atoms with E-state index in [0.717, 1.165) is 18.4 Å². The van der Waals surface area contributed by atoms with Crippen LogP contribution in [0.5, 0.6) is 0 Å².